The van der Waals surface area contributed by atoms with Gasteiger partial charge in [0.15, 0.2) is 0 Å². The van der Waals surface area contributed by atoms with Crippen molar-refractivity contribution in [1.82, 2.24) is 4.90 Å². The van der Waals surface area contributed by atoms with E-state index in [1.54, 1.807) is 0 Å². The molecule has 148 valence electrons. The van der Waals surface area contributed by atoms with Gasteiger partial charge in [0.25, 0.3) is 0 Å². The molecule has 0 radical (unpaired) electrons. The molecule has 4 nitrogen and oxygen atoms in total. The van der Waals surface area contributed by atoms with E-state index in [1.165, 1.54) is 24.7 Å². The van der Waals surface area contributed by atoms with Gasteiger partial charge in [-0.1, -0.05) is 42.5 Å². The maximum Gasteiger partial charge on any atom is 0.308 e. The van der Waals surface area contributed by atoms with E-state index < -0.39 is 0 Å². The van der Waals surface area contributed by atoms with Gasteiger partial charge in [0.1, 0.15) is 12.4 Å². The molecule has 2 aromatic carbocycles. The number of methoxy groups -OCH3 is 1. The normalized spacial score (nSPS) is 24.1. The van der Waals surface area contributed by atoms with E-state index in [-0.39, 0.29) is 11.9 Å². The number of rotatable bonds is 7. The van der Waals surface area contributed by atoms with Crippen molar-refractivity contribution in [3.05, 3.63) is 65.7 Å². The molecule has 1 aliphatic heterocycles. The summed E-state index contributed by atoms with van der Waals surface area (Å²) in [6, 6.07) is 18.9. The Labute approximate surface area is 167 Å². The molecular formula is C24H29NO3. The molecule has 1 saturated carbocycles. The molecule has 2 bridgehead atoms. The lowest BCUT2D eigenvalue weighted by atomic mass is 9.94. The number of carbonyl (C=O) groups is 1. The predicted octanol–water partition coefficient (Wildman–Crippen LogP) is 3.79. The van der Waals surface area contributed by atoms with Gasteiger partial charge in [-0.15, -0.1) is 0 Å². The van der Waals surface area contributed by atoms with Crippen LogP contribution in [0.1, 0.15) is 24.0 Å². The average molecular weight is 380 g/mol. The van der Waals surface area contributed by atoms with Crippen molar-refractivity contribution in [3.8, 4) is 5.75 Å². The Kier molecular flexibility index (Phi) is 5.96. The summed E-state index contributed by atoms with van der Waals surface area (Å²) in [5.41, 5.74) is 2.61. The van der Waals surface area contributed by atoms with Crippen LogP contribution in [0.25, 0.3) is 0 Å². The minimum Gasteiger partial charge on any atom is -0.492 e. The lowest BCUT2D eigenvalue weighted by molar-refractivity contribution is -0.146. The number of hydrogen-bond acceptors (Lipinski definition) is 4. The summed E-state index contributed by atoms with van der Waals surface area (Å²) in [6.45, 7) is 3.64. The molecule has 2 aliphatic rings. The molecule has 4 heteroatoms. The van der Waals surface area contributed by atoms with Gasteiger partial charge in [-0.2, -0.15) is 0 Å². The van der Waals surface area contributed by atoms with E-state index in [9.17, 15) is 4.79 Å². The van der Waals surface area contributed by atoms with Crippen LogP contribution in [0.15, 0.2) is 54.6 Å². The van der Waals surface area contributed by atoms with Crippen LogP contribution in [0, 0.1) is 17.8 Å². The highest BCUT2D eigenvalue weighted by molar-refractivity contribution is 5.73. The first kappa shape index (κ1) is 19.0. The topological polar surface area (TPSA) is 38.8 Å². The highest BCUT2D eigenvalue weighted by Gasteiger charge is 2.43. The van der Waals surface area contributed by atoms with Gasteiger partial charge >= 0.3 is 5.97 Å². The first-order chi connectivity index (χ1) is 13.7. The third-order valence-electron chi connectivity index (χ3n) is 6.16. The van der Waals surface area contributed by atoms with Crippen molar-refractivity contribution in [2.75, 3.05) is 33.4 Å². The zero-order chi connectivity index (χ0) is 19.3. The molecule has 0 aromatic heterocycles. The van der Waals surface area contributed by atoms with E-state index in [1.807, 2.05) is 6.07 Å². The zero-order valence-electron chi connectivity index (χ0n) is 16.5. The molecule has 1 saturated heterocycles. The van der Waals surface area contributed by atoms with Crippen molar-refractivity contribution < 1.29 is 14.3 Å². The van der Waals surface area contributed by atoms with Crippen LogP contribution >= 0.6 is 0 Å². The van der Waals surface area contributed by atoms with Gasteiger partial charge in [-0.25, -0.2) is 0 Å². The van der Waals surface area contributed by atoms with Crippen molar-refractivity contribution in [2.24, 2.45) is 17.8 Å². The molecule has 0 N–H and O–H groups in total. The lowest BCUT2D eigenvalue weighted by Crippen LogP contribution is -2.40. The molecule has 4 rings (SSSR count). The Morgan fingerprint density at radius 2 is 1.75 bits per heavy atom. The fraction of sp³-hybridized carbons (Fsp3) is 0.458. The fourth-order valence-electron chi connectivity index (χ4n) is 4.81. The van der Waals surface area contributed by atoms with E-state index in [0.29, 0.717) is 18.4 Å². The number of carbonyl (C=O) groups excluding carboxylic acids is 1. The van der Waals surface area contributed by atoms with E-state index in [0.717, 1.165) is 38.2 Å². The highest BCUT2D eigenvalue weighted by Crippen LogP contribution is 2.41. The van der Waals surface area contributed by atoms with Gasteiger partial charge in [-0.3, -0.25) is 9.69 Å². The van der Waals surface area contributed by atoms with Crippen molar-refractivity contribution in [1.29, 1.82) is 0 Å². The molecule has 3 atom stereocenters. The number of esters is 1. The molecule has 0 spiro atoms. The summed E-state index contributed by atoms with van der Waals surface area (Å²) in [6.07, 6.45) is 3.09. The maximum absolute atomic E-state index is 11.9. The third-order valence-corrected chi connectivity index (χ3v) is 6.16. The van der Waals surface area contributed by atoms with Crippen molar-refractivity contribution >= 4 is 5.97 Å². The van der Waals surface area contributed by atoms with Crippen molar-refractivity contribution in [3.63, 3.8) is 0 Å². The number of likely N-dealkylation sites (tertiary alicyclic amines) is 1. The molecule has 2 aromatic rings. The van der Waals surface area contributed by atoms with Crippen LogP contribution in [0.4, 0.5) is 0 Å². The molecule has 1 heterocycles. The number of fused-ring (bicyclic) bond motifs is 2. The van der Waals surface area contributed by atoms with E-state index >= 15 is 0 Å². The Balaban J connectivity index is 1.23. The fourth-order valence-corrected chi connectivity index (χ4v) is 4.81. The molecular weight excluding hydrogens is 350 g/mol. The number of hydrogen-bond donors (Lipinski definition) is 0. The average Bonchev–Trinajstić information content (AvgIpc) is 3.03. The second kappa shape index (κ2) is 8.78. The molecule has 2 fully saturated rings. The lowest BCUT2D eigenvalue weighted by Gasteiger charge is -2.32. The van der Waals surface area contributed by atoms with Gasteiger partial charge in [0.05, 0.1) is 13.0 Å². The first-order valence-electron chi connectivity index (χ1n) is 10.3. The van der Waals surface area contributed by atoms with Gasteiger partial charge in [0, 0.05) is 19.6 Å². The van der Waals surface area contributed by atoms with Crippen LogP contribution in [0.3, 0.4) is 0 Å². The molecule has 0 amide bonds. The minimum absolute atomic E-state index is 0.0267. The maximum atomic E-state index is 11.9. The number of nitrogens with zero attached hydrogens (tertiary/aromatic N) is 1. The Bertz CT molecular complexity index is 774. The van der Waals surface area contributed by atoms with Gasteiger partial charge < -0.3 is 9.47 Å². The Morgan fingerprint density at radius 3 is 2.50 bits per heavy atom. The zero-order valence-corrected chi connectivity index (χ0v) is 16.5. The summed E-state index contributed by atoms with van der Waals surface area (Å²) >= 11 is 0. The number of ether oxygens (including phenoxy) is 2. The predicted molar refractivity (Wildman–Crippen MR) is 109 cm³/mol. The smallest absolute Gasteiger partial charge is 0.308 e. The summed E-state index contributed by atoms with van der Waals surface area (Å²) in [7, 11) is 1.50. The van der Waals surface area contributed by atoms with Gasteiger partial charge in [-0.05, 0) is 54.4 Å². The number of piperidine rings is 1. The first-order valence-corrected chi connectivity index (χ1v) is 10.3. The van der Waals surface area contributed by atoms with Gasteiger partial charge in [0.2, 0.25) is 0 Å². The minimum atomic E-state index is -0.0267. The summed E-state index contributed by atoms with van der Waals surface area (Å²) < 4.78 is 10.9. The SMILES string of the molecule is COC(=O)C1CC2CC1CN(CCOc1ccc(Cc3ccccc3)cc1)C2. The standard InChI is InChI=1S/C24H29NO3/c1-27-24(26)23-15-20-14-21(23)17-25(16-20)11-12-28-22-9-7-19(8-10-22)13-18-5-3-2-4-6-18/h2-10,20-21,23H,11-17H2,1H3. The van der Waals surface area contributed by atoms with Crippen LogP contribution in [-0.4, -0.2) is 44.2 Å². The summed E-state index contributed by atoms with van der Waals surface area (Å²) in [5, 5.41) is 0. The van der Waals surface area contributed by atoms with Crippen LogP contribution in [0.2, 0.25) is 0 Å². The molecule has 3 unspecified atom stereocenters. The number of benzene rings is 2. The second-order valence-electron chi connectivity index (χ2n) is 8.14. The second-order valence-corrected chi connectivity index (χ2v) is 8.14. The Hall–Kier alpha value is -2.33. The summed E-state index contributed by atoms with van der Waals surface area (Å²) in [5.74, 6) is 2.06. The van der Waals surface area contributed by atoms with Crippen molar-refractivity contribution in [2.45, 2.75) is 19.3 Å². The summed E-state index contributed by atoms with van der Waals surface area (Å²) in [4.78, 5) is 14.4. The molecule has 1 aliphatic carbocycles. The highest BCUT2D eigenvalue weighted by atomic mass is 16.5. The Morgan fingerprint density at radius 1 is 1.00 bits per heavy atom. The monoisotopic (exact) mass is 379 g/mol. The quantitative estimate of drug-likeness (QED) is 0.686. The van der Waals surface area contributed by atoms with E-state index in [4.69, 9.17) is 9.47 Å². The van der Waals surface area contributed by atoms with Crippen LogP contribution < -0.4 is 4.74 Å². The van der Waals surface area contributed by atoms with Crippen LogP contribution in [0.5, 0.6) is 5.75 Å². The van der Waals surface area contributed by atoms with E-state index in [2.05, 4.69) is 53.4 Å². The molecule has 28 heavy (non-hydrogen) atoms. The largest absolute Gasteiger partial charge is 0.492 e. The van der Waals surface area contributed by atoms with Crippen LogP contribution in [-0.2, 0) is 16.0 Å². The third kappa shape index (κ3) is 4.56.